The van der Waals surface area contributed by atoms with Crippen LogP contribution in [0, 0.1) is 13.8 Å². The molecule has 1 aromatic heterocycles. The highest BCUT2D eigenvalue weighted by Gasteiger charge is 2.11. The van der Waals surface area contributed by atoms with E-state index < -0.39 is 0 Å². The van der Waals surface area contributed by atoms with Crippen molar-refractivity contribution in [3.8, 4) is 0 Å². The van der Waals surface area contributed by atoms with Gasteiger partial charge in [0.2, 0.25) is 0 Å². The number of hydrogen-bond acceptors (Lipinski definition) is 3. The molecule has 2 N–H and O–H groups in total. The number of hydrogen-bond donors (Lipinski definition) is 2. The SMILES string of the molecule is Cc1ccc(C)c2sc(NC(=O)Nc3ccccc3Cl)nc12. The number of aromatic nitrogens is 1. The van der Waals surface area contributed by atoms with E-state index >= 15 is 0 Å². The standard InChI is InChI=1S/C16H14ClN3OS/c1-9-7-8-10(2)14-13(9)19-16(22-14)20-15(21)18-12-6-4-3-5-11(12)17/h3-8H,1-2H3,(H2,18,19,20,21). The first-order valence-electron chi connectivity index (χ1n) is 6.74. The number of nitrogens with zero attached hydrogens (tertiary/aromatic N) is 1. The van der Waals surface area contributed by atoms with Crippen molar-refractivity contribution >= 4 is 50.0 Å². The summed E-state index contributed by atoms with van der Waals surface area (Å²) >= 11 is 7.49. The molecule has 3 aromatic rings. The normalized spacial score (nSPS) is 10.7. The van der Waals surface area contributed by atoms with E-state index in [0.29, 0.717) is 15.8 Å². The van der Waals surface area contributed by atoms with Crippen LogP contribution in [0.25, 0.3) is 10.2 Å². The summed E-state index contributed by atoms with van der Waals surface area (Å²) in [5, 5.41) is 6.54. The van der Waals surface area contributed by atoms with E-state index in [2.05, 4.69) is 21.7 Å². The molecule has 4 nitrogen and oxygen atoms in total. The van der Waals surface area contributed by atoms with E-state index in [1.807, 2.05) is 32.0 Å². The Balaban J connectivity index is 1.81. The van der Waals surface area contributed by atoms with Gasteiger partial charge in [-0.15, -0.1) is 0 Å². The summed E-state index contributed by atoms with van der Waals surface area (Å²) in [7, 11) is 0. The van der Waals surface area contributed by atoms with Crippen LogP contribution >= 0.6 is 22.9 Å². The Hall–Kier alpha value is -2.11. The number of amides is 2. The Labute approximate surface area is 137 Å². The lowest BCUT2D eigenvalue weighted by molar-refractivity contribution is 0.262. The second kappa shape index (κ2) is 5.94. The van der Waals surface area contributed by atoms with E-state index in [1.165, 1.54) is 11.3 Å². The molecule has 0 atom stereocenters. The van der Waals surface area contributed by atoms with Crippen LogP contribution in [0.3, 0.4) is 0 Å². The molecule has 0 radical (unpaired) electrons. The average molecular weight is 332 g/mol. The Morgan fingerprint density at radius 2 is 1.82 bits per heavy atom. The highest BCUT2D eigenvalue weighted by Crippen LogP contribution is 2.31. The first-order chi connectivity index (χ1) is 10.5. The van der Waals surface area contributed by atoms with E-state index in [9.17, 15) is 4.79 Å². The van der Waals surface area contributed by atoms with Crippen molar-refractivity contribution in [3.63, 3.8) is 0 Å². The lowest BCUT2D eigenvalue weighted by atomic mass is 10.1. The summed E-state index contributed by atoms with van der Waals surface area (Å²) in [5.74, 6) is 0. The number of fused-ring (bicyclic) bond motifs is 1. The van der Waals surface area contributed by atoms with Crippen molar-refractivity contribution in [3.05, 3.63) is 52.5 Å². The van der Waals surface area contributed by atoms with Gasteiger partial charge in [-0.1, -0.05) is 47.2 Å². The smallest absolute Gasteiger partial charge is 0.306 e. The van der Waals surface area contributed by atoms with Gasteiger partial charge in [0.1, 0.15) is 0 Å². The number of rotatable bonds is 2. The molecule has 0 aliphatic heterocycles. The van der Waals surface area contributed by atoms with Crippen LogP contribution in [-0.2, 0) is 0 Å². The maximum absolute atomic E-state index is 12.1. The summed E-state index contributed by atoms with van der Waals surface area (Å²) in [5.41, 5.74) is 3.74. The minimum absolute atomic E-state index is 0.359. The Bertz CT molecular complexity index is 821. The number of anilines is 2. The molecule has 2 aromatic carbocycles. The molecular weight excluding hydrogens is 318 g/mol. The third kappa shape index (κ3) is 2.91. The molecule has 0 bridgehead atoms. The van der Waals surface area contributed by atoms with E-state index in [0.717, 1.165) is 21.3 Å². The molecule has 3 rings (SSSR count). The van der Waals surface area contributed by atoms with Crippen molar-refractivity contribution < 1.29 is 4.79 Å². The van der Waals surface area contributed by atoms with Crippen LogP contribution in [0.2, 0.25) is 5.02 Å². The fourth-order valence-electron chi connectivity index (χ4n) is 2.13. The Kier molecular flexibility index (Phi) is 4.00. The van der Waals surface area contributed by atoms with E-state index in [1.54, 1.807) is 12.1 Å². The van der Waals surface area contributed by atoms with Crippen molar-refractivity contribution in [2.75, 3.05) is 10.6 Å². The minimum Gasteiger partial charge on any atom is -0.306 e. The maximum Gasteiger partial charge on any atom is 0.325 e. The van der Waals surface area contributed by atoms with Crippen LogP contribution in [0.5, 0.6) is 0 Å². The summed E-state index contributed by atoms with van der Waals surface area (Å²) in [4.78, 5) is 16.6. The first kappa shape index (κ1) is 14.8. The van der Waals surface area contributed by atoms with Gasteiger partial charge in [0.05, 0.1) is 20.9 Å². The number of para-hydroxylation sites is 1. The highest BCUT2D eigenvalue weighted by molar-refractivity contribution is 7.22. The number of nitrogens with one attached hydrogen (secondary N) is 2. The Morgan fingerprint density at radius 3 is 2.55 bits per heavy atom. The van der Waals surface area contributed by atoms with Gasteiger partial charge in [0.15, 0.2) is 5.13 Å². The van der Waals surface area contributed by atoms with Crippen LogP contribution < -0.4 is 10.6 Å². The zero-order valence-electron chi connectivity index (χ0n) is 12.1. The predicted molar refractivity (Wildman–Crippen MR) is 93.2 cm³/mol. The highest BCUT2D eigenvalue weighted by atomic mass is 35.5. The second-order valence-electron chi connectivity index (χ2n) is 4.96. The van der Waals surface area contributed by atoms with Gasteiger partial charge in [-0.05, 0) is 37.1 Å². The molecule has 0 unspecified atom stereocenters. The molecule has 0 saturated heterocycles. The molecule has 0 aliphatic rings. The van der Waals surface area contributed by atoms with Gasteiger partial charge >= 0.3 is 6.03 Å². The third-order valence-electron chi connectivity index (χ3n) is 3.28. The van der Waals surface area contributed by atoms with Crippen LogP contribution in [0.4, 0.5) is 15.6 Å². The van der Waals surface area contributed by atoms with E-state index in [4.69, 9.17) is 11.6 Å². The van der Waals surface area contributed by atoms with Gasteiger partial charge in [-0.2, -0.15) is 0 Å². The van der Waals surface area contributed by atoms with Crippen LogP contribution in [0.15, 0.2) is 36.4 Å². The topological polar surface area (TPSA) is 54.0 Å². The fourth-order valence-corrected chi connectivity index (χ4v) is 3.32. The molecule has 2 amide bonds. The number of thiazole rings is 1. The van der Waals surface area contributed by atoms with Crippen molar-refractivity contribution in [2.45, 2.75) is 13.8 Å². The molecule has 0 spiro atoms. The second-order valence-corrected chi connectivity index (χ2v) is 6.36. The molecule has 0 saturated carbocycles. The molecule has 0 fully saturated rings. The predicted octanol–water partition coefficient (Wildman–Crippen LogP) is 5.21. The summed E-state index contributed by atoms with van der Waals surface area (Å²) in [6.07, 6.45) is 0. The molecule has 112 valence electrons. The summed E-state index contributed by atoms with van der Waals surface area (Å²) < 4.78 is 1.09. The third-order valence-corrected chi connectivity index (χ3v) is 4.72. The molecule has 0 aliphatic carbocycles. The number of carbonyl (C=O) groups is 1. The Morgan fingerprint density at radius 1 is 1.09 bits per heavy atom. The molecule has 22 heavy (non-hydrogen) atoms. The largest absolute Gasteiger partial charge is 0.325 e. The van der Waals surface area contributed by atoms with Crippen LogP contribution in [0.1, 0.15) is 11.1 Å². The molecular formula is C16H14ClN3OS. The number of aryl methyl sites for hydroxylation is 2. The number of halogens is 1. The van der Waals surface area contributed by atoms with Gasteiger partial charge in [0, 0.05) is 0 Å². The first-order valence-corrected chi connectivity index (χ1v) is 7.93. The quantitative estimate of drug-likeness (QED) is 0.677. The summed E-state index contributed by atoms with van der Waals surface area (Å²) in [6.45, 7) is 4.04. The van der Waals surface area contributed by atoms with E-state index in [-0.39, 0.29) is 6.03 Å². The van der Waals surface area contributed by atoms with Gasteiger partial charge in [-0.25, -0.2) is 9.78 Å². The number of benzene rings is 2. The van der Waals surface area contributed by atoms with Crippen molar-refractivity contribution in [2.24, 2.45) is 0 Å². The van der Waals surface area contributed by atoms with Gasteiger partial charge in [0.25, 0.3) is 0 Å². The zero-order valence-corrected chi connectivity index (χ0v) is 13.7. The molecule has 1 heterocycles. The lowest BCUT2D eigenvalue weighted by Crippen LogP contribution is -2.19. The van der Waals surface area contributed by atoms with Crippen molar-refractivity contribution in [1.29, 1.82) is 0 Å². The lowest BCUT2D eigenvalue weighted by Gasteiger charge is -2.06. The van der Waals surface area contributed by atoms with Crippen molar-refractivity contribution in [1.82, 2.24) is 4.98 Å². The minimum atomic E-state index is -0.359. The van der Waals surface area contributed by atoms with Crippen LogP contribution in [-0.4, -0.2) is 11.0 Å². The maximum atomic E-state index is 12.1. The zero-order chi connectivity index (χ0) is 15.7. The molecule has 6 heteroatoms. The fraction of sp³-hybridized carbons (Fsp3) is 0.125. The number of urea groups is 1. The number of carbonyl (C=O) groups excluding carboxylic acids is 1. The average Bonchev–Trinajstić information content (AvgIpc) is 2.90. The summed E-state index contributed by atoms with van der Waals surface area (Å²) in [6, 6.07) is 10.8. The van der Waals surface area contributed by atoms with Gasteiger partial charge in [-0.3, -0.25) is 5.32 Å². The monoisotopic (exact) mass is 331 g/mol. The van der Waals surface area contributed by atoms with Gasteiger partial charge < -0.3 is 5.32 Å².